The summed E-state index contributed by atoms with van der Waals surface area (Å²) >= 11 is 0. The van der Waals surface area contributed by atoms with Crippen molar-refractivity contribution < 1.29 is 9.53 Å². The highest BCUT2D eigenvalue weighted by atomic mass is 16.5. The number of likely N-dealkylation sites (tertiary alicyclic amines) is 1. The number of carbonyl (C=O) groups is 1. The van der Waals surface area contributed by atoms with Gasteiger partial charge in [0.1, 0.15) is 11.6 Å². The minimum Gasteiger partial charge on any atom is -0.462 e. The zero-order chi connectivity index (χ0) is 13.0. The fraction of sp³-hybridized carbons (Fsp3) is 0.692. The van der Waals surface area contributed by atoms with Gasteiger partial charge in [-0.05, 0) is 38.8 Å². The quantitative estimate of drug-likeness (QED) is 0.416. The van der Waals surface area contributed by atoms with E-state index in [4.69, 9.17) is 10.00 Å². The summed E-state index contributed by atoms with van der Waals surface area (Å²) in [6.45, 7) is 7.08. The van der Waals surface area contributed by atoms with Crippen LogP contribution in [0.2, 0.25) is 0 Å². The Hall–Kier alpha value is -1.34. The third-order valence-corrected chi connectivity index (χ3v) is 3.34. The minimum absolute atomic E-state index is 0.208. The van der Waals surface area contributed by atoms with E-state index in [1.165, 1.54) is 0 Å². The fourth-order valence-electron chi connectivity index (χ4n) is 2.20. The Morgan fingerprint density at radius 2 is 2.24 bits per heavy atom. The second-order valence-electron chi connectivity index (χ2n) is 4.63. The molecule has 94 valence electrons. The predicted octanol–water partition coefficient (Wildman–Crippen LogP) is 1.73. The number of carbonyl (C=O) groups excluding carboxylic acids is 1. The topological polar surface area (TPSA) is 53.3 Å². The molecule has 0 radical (unpaired) electrons. The number of nitriles is 1. The maximum atomic E-state index is 11.7. The van der Waals surface area contributed by atoms with Crippen LogP contribution in [0.5, 0.6) is 0 Å². The lowest BCUT2D eigenvalue weighted by Crippen LogP contribution is -2.40. The Morgan fingerprint density at radius 1 is 1.59 bits per heavy atom. The molecule has 1 heterocycles. The monoisotopic (exact) mass is 236 g/mol. The summed E-state index contributed by atoms with van der Waals surface area (Å²) < 4.78 is 4.93. The smallest absolute Gasteiger partial charge is 0.348 e. The van der Waals surface area contributed by atoms with Crippen molar-refractivity contribution in [2.75, 3.05) is 20.2 Å². The molecule has 0 N–H and O–H groups in total. The molecule has 2 atom stereocenters. The second kappa shape index (κ2) is 5.83. The first-order chi connectivity index (χ1) is 8.01. The van der Waals surface area contributed by atoms with Gasteiger partial charge in [0.05, 0.1) is 6.61 Å². The van der Waals surface area contributed by atoms with Gasteiger partial charge in [0, 0.05) is 12.6 Å². The normalized spacial score (nSPS) is 28.4. The Kier molecular flexibility index (Phi) is 4.71. The molecular formula is C13H20N2O2. The van der Waals surface area contributed by atoms with Crippen LogP contribution < -0.4 is 0 Å². The third kappa shape index (κ3) is 3.07. The van der Waals surface area contributed by atoms with Gasteiger partial charge in [-0.3, -0.25) is 0 Å². The van der Waals surface area contributed by atoms with E-state index in [1.807, 2.05) is 13.0 Å². The van der Waals surface area contributed by atoms with Gasteiger partial charge >= 0.3 is 5.97 Å². The van der Waals surface area contributed by atoms with Gasteiger partial charge in [-0.2, -0.15) is 5.26 Å². The Bertz CT molecular complexity index is 368. The zero-order valence-electron chi connectivity index (χ0n) is 11.0. The van der Waals surface area contributed by atoms with Gasteiger partial charge in [-0.25, -0.2) is 4.79 Å². The van der Waals surface area contributed by atoms with E-state index in [0.29, 0.717) is 12.6 Å². The summed E-state index contributed by atoms with van der Waals surface area (Å²) in [5, 5.41) is 9.12. The molecule has 0 saturated carbocycles. The van der Waals surface area contributed by atoms with E-state index in [2.05, 4.69) is 18.9 Å². The number of hydrogen-bond donors (Lipinski definition) is 0. The van der Waals surface area contributed by atoms with Gasteiger partial charge < -0.3 is 9.64 Å². The lowest BCUT2D eigenvalue weighted by Gasteiger charge is -2.36. The average Bonchev–Trinajstić information content (AvgIpc) is 2.26. The van der Waals surface area contributed by atoms with Crippen LogP contribution in [-0.2, 0) is 9.53 Å². The largest absolute Gasteiger partial charge is 0.462 e. The van der Waals surface area contributed by atoms with Gasteiger partial charge in [0.25, 0.3) is 0 Å². The number of hydrogen-bond acceptors (Lipinski definition) is 4. The van der Waals surface area contributed by atoms with Crippen LogP contribution in [-0.4, -0.2) is 37.1 Å². The minimum atomic E-state index is -0.478. The van der Waals surface area contributed by atoms with Crippen LogP contribution in [0.3, 0.4) is 0 Å². The van der Waals surface area contributed by atoms with Crippen molar-refractivity contribution >= 4 is 5.97 Å². The van der Waals surface area contributed by atoms with Crippen molar-refractivity contribution in [2.24, 2.45) is 5.92 Å². The van der Waals surface area contributed by atoms with E-state index < -0.39 is 5.97 Å². The summed E-state index contributed by atoms with van der Waals surface area (Å²) in [5.74, 6) is -0.246. The molecule has 0 aromatic heterocycles. The predicted molar refractivity (Wildman–Crippen MR) is 65.1 cm³/mol. The molecule has 1 saturated heterocycles. The number of piperidine rings is 1. The molecule has 4 heteroatoms. The standard InChI is InChI=1S/C13H20N2O2/c1-5-17-13(16)12(7-14)11-6-10(3)15(4)8-9(11)2/h9-10H,5-6,8H2,1-4H3/b12-11-/t9-,10+/m0/s1. The number of nitrogens with zero attached hydrogens (tertiary/aromatic N) is 2. The van der Waals surface area contributed by atoms with Crippen molar-refractivity contribution in [1.82, 2.24) is 4.90 Å². The maximum absolute atomic E-state index is 11.7. The van der Waals surface area contributed by atoms with Crippen LogP contribution in [0.15, 0.2) is 11.1 Å². The molecule has 0 aromatic carbocycles. The molecule has 4 nitrogen and oxygen atoms in total. The van der Waals surface area contributed by atoms with E-state index >= 15 is 0 Å². The molecule has 17 heavy (non-hydrogen) atoms. The van der Waals surface area contributed by atoms with Gasteiger partial charge in [0.15, 0.2) is 0 Å². The molecule has 1 aliphatic heterocycles. The summed E-state index contributed by atoms with van der Waals surface area (Å²) in [6, 6.07) is 2.37. The van der Waals surface area contributed by atoms with Crippen LogP contribution >= 0.6 is 0 Å². The van der Waals surface area contributed by atoms with Crippen molar-refractivity contribution in [1.29, 1.82) is 5.26 Å². The second-order valence-corrected chi connectivity index (χ2v) is 4.63. The lowest BCUT2D eigenvalue weighted by atomic mass is 9.86. The number of ether oxygens (including phenoxy) is 1. The van der Waals surface area contributed by atoms with Gasteiger partial charge in [-0.15, -0.1) is 0 Å². The van der Waals surface area contributed by atoms with Crippen LogP contribution in [0.1, 0.15) is 27.2 Å². The summed E-state index contributed by atoms with van der Waals surface area (Å²) in [7, 11) is 2.06. The van der Waals surface area contributed by atoms with Crippen molar-refractivity contribution in [3.63, 3.8) is 0 Å². The Balaban J connectivity index is 3.00. The summed E-state index contributed by atoms with van der Waals surface area (Å²) in [4.78, 5) is 13.9. The first-order valence-corrected chi connectivity index (χ1v) is 6.01. The van der Waals surface area contributed by atoms with E-state index in [0.717, 1.165) is 18.5 Å². The highest BCUT2D eigenvalue weighted by molar-refractivity contribution is 5.93. The van der Waals surface area contributed by atoms with E-state index in [1.54, 1.807) is 6.92 Å². The molecule has 1 rings (SSSR count). The maximum Gasteiger partial charge on any atom is 0.348 e. The SMILES string of the molecule is CCOC(=O)/C(C#N)=C1/C[C@@H](C)N(C)C[C@@H]1C. The van der Waals surface area contributed by atoms with Crippen LogP contribution in [0.25, 0.3) is 0 Å². The van der Waals surface area contributed by atoms with Crippen LogP contribution in [0.4, 0.5) is 0 Å². The molecule has 0 aromatic rings. The summed E-state index contributed by atoms with van der Waals surface area (Å²) in [5.41, 5.74) is 1.15. The fourth-order valence-corrected chi connectivity index (χ4v) is 2.20. The van der Waals surface area contributed by atoms with Crippen molar-refractivity contribution in [2.45, 2.75) is 33.2 Å². The molecule has 0 aliphatic carbocycles. The first-order valence-electron chi connectivity index (χ1n) is 6.01. The first kappa shape index (κ1) is 13.7. The molecule has 0 unspecified atom stereocenters. The van der Waals surface area contributed by atoms with Crippen molar-refractivity contribution in [3.8, 4) is 6.07 Å². The number of esters is 1. The lowest BCUT2D eigenvalue weighted by molar-refractivity contribution is -0.138. The zero-order valence-corrected chi connectivity index (χ0v) is 11.0. The van der Waals surface area contributed by atoms with Gasteiger partial charge in [0.2, 0.25) is 0 Å². The molecular weight excluding hydrogens is 216 g/mol. The highest BCUT2D eigenvalue weighted by Gasteiger charge is 2.29. The van der Waals surface area contributed by atoms with Crippen molar-refractivity contribution in [3.05, 3.63) is 11.1 Å². The van der Waals surface area contributed by atoms with E-state index in [-0.39, 0.29) is 11.5 Å². The van der Waals surface area contributed by atoms with Crippen LogP contribution in [0, 0.1) is 17.2 Å². The molecule has 0 bridgehead atoms. The van der Waals surface area contributed by atoms with E-state index in [9.17, 15) is 4.79 Å². The molecule has 1 aliphatic rings. The van der Waals surface area contributed by atoms with Gasteiger partial charge in [-0.1, -0.05) is 6.92 Å². The average molecular weight is 236 g/mol. The molecule has 1 fully saturated rings. The third-order valence-electron chi connectivity index (χ3n) is 3.34. The molecule has 0 spiro atoms. The Labute approximate surface area is 103 Å². The highest BCUT2D eigenvalue weighted by Crippen LogP contribution is 2.28. The summed E-state index contributed by atoms with van der Waals surface area (Å²) in [6.07, 6.45) is 0.763. The number of rotatable bonds is 2. The Morgan fingerprint density at radius 3 is 2.76 bits per heavy atom. The molecule has 0 amide bonds.